The summed E-state index contributed by atoms with van der Waals surface area (Å²) in [4.78, 5) is 28.4. The molecule has 7 nitrogen and oxygen atoms in total. The number of rotatable bonds is 3. The Labute approximate surface area is 129 Å². The molecule has 0 saturated heterocycles. The number of carbonyl (C=O) groups is 1. The average Bonchev–Trinajstić information content (AvgIpc) is 3.10. The number of halogens is 1. The van der Waals surface area contributed by atoms with Gasteiger partial charge in [-0.25, -0.2) is 19.3 Å². The summed E-state index contributed by atoms with van der Waals surface area (Å²) in [5.74, 6) is -0.306. The van der Waals surface area contributed by atoms with E-state index in [1.807, 2.05) is 0 Å². The van der Waals surface area contributed by atoms with Crippen LogP contribution < -0.4 is 4.90 Å². The van der Waals surface area contributed by atoms with Gasteiger partial charge in [0, 0.05) is 35.5 Å². The first-order chi connectivity index (χ1) is 11.1. The van der Waals surface area contributed by atoms with Crippen LogP contribution in [0.25, 0.3) is 22.4 Å². The summed E-state index contributed by atoms with van der Waals surface area (Å²) < 4.78 is 13.4. The molecule has 1 aliphatic heterocycles. The number of nitrogens with one attached hydrogen (secondary N) is 1. The molecule has 0 atom stereocenters. The number of aromatic amines is 1. The zero-order valence-corrected chi connectivity index (χ0v) is 12.0. The molecule has 3 aromatic rings. The van der Waals surface area contributed by atoms with Crippen LogP contribution in [-0.4, -0.2) is 44.1 Å². The largest absolute Gasteiger partial charge is 0.480 e. The maximum absolute atomic E-state index is 13.4. The van der Waals surface area contributed by atoms with E-state index in [2.05, 4.69) is 19.9 Å². The number of pyridine rings is 1. The number of hydrogen-bond donors (Lipinski definition) is 2. The van der Waals surface area contributed by atoms with Crippen LogP contribution in [0.2, 0.25) is 0 Å². The van der Waals surface area contributed by atoms with Gasteiger partial charge < -0.3 is 15.0 Å². The minimum absolute atomic E-state index is 0.104. The molecule has 4 heterocycles. The summed E-state index contributed by atoms with van der Waals surface area (Å²) in [6.45, 7) is 0.497. The Bertz CT molecular complexity index is 923. The molecular formula is C15H12FN5O2. The molecule has 4 rings (SSSR count). The molecular weight excluding hydrogens is 301 g/mol. The first-order valence-corrected chi connectivity index (χ1v) is 7.07. The summed E-state index contributed by atoms with van der Waals surface area (Å²) in [6.07, 6.45) is 5.23. The van der Waals surface area contributed by atoms with Crippen molar-refractivity contribution < 1.29 is 14.3 Å². The topological polar surface area (TPSA) is 95.0 Å². The minimum atomic E-state index is -0.906. The van der Waals surface area contributed by atoms with Gasteiger partial charge in [-0.1, -0.05) is 0 Å². The van der Waals surface area contributed by atoms with Gasteiger partial charge >= 0.3 is 5.97 Å². The van der Waals surface area contributed by atoms with E-state index in [1.54, 1.807) is 17.3 Å². The number of aromatic nitrogens is 4. The lowest BCUT2D eigenvalue weighted by atomic mass is 10.2. The first-order valence-electron chi connectivity index (χ1n) is 7.07. The highest BCUT2D eigenvalue weighted by Crippen LogP contribution is 2.30. The molecule has 0 bridgehead atoms. The van der Waals surface area contributed by atoms with Crippen molar-refractivity contribution in [2.75, 3.05) is 18.0 Å². The van der Waals surface area contributed by atoms with Gasteiger partial charge in [0.05, 0.1) is 6.20 Å². The van der Waals surface area contributed by atoms with E-state index in [9.17, 15) is 9.18 Å². The van der Waals surface area contributed by atoms with Crippen LogP contribution in [0, 0.1) is 5.82 Å². The van der Waals surface area contributed by atoms with Crippen molar-refractivity contribution in [1.82, 2.24) is 19.9 Å². The Kier molecular flexibility index (Phi) is 2.97. The fraction of sp³-hybridized carbons (Fsp3) is 0.200. The number of carboxylic acids is 1. The van der Waals surface area contributed by atoms with Gasteiger partial charge in [-0.2, -0.15) is 0 Å². The molecule has 0 aliphatic carbocycles. The minimum Gasteiger partial charge on any atom is -0.480 e. The number of fused-ring (bicyclic) bond motifs is 2. The number of carboxylic acid groups (broad SMARTS) is 1. The molecule has 0 aromatic carbocycles. The zero-order valence-electron chi connectivity index (χ0n) is 12.0. The Balaban J connectivity index is 1.81. The van der Waals surface area contributed by atoms with Gasteiger partial charge in [-0.3, -0.25) is 4.79 Å². The van der Waals surface area contributed by atoms with Gasteiger partial charge in [-0.05, 0) is 12.5 Å². The third kappa shape index (κ3) is 2.28. The highest BCUT2D eigenvalue weighted by Gasteiger charge is 2.24. The van der Waals surface area contributed by atoms with Crippen LogP contribution in [0.1, 0.15) is 5.56 Å². The third-order valence-corrected chi connectivity index (χ3v) is 3.86. The summed E-state index contributed by atoms with van der Waals surface area (Å²) in [5, 5.41) is 9.58. The normalized spacial score (nSPS) is 13.5. The van der Waals surface area contributed by atoms with Crippen molar-refractivity contribution in [2.24, 2.45) is 0 Å². The van der Waals surface area contributed by atoms with Crippen LogP contribution in [0.4, 0.5) is 10.2 Å². The lowest BCUT2D eigenvalue weighted by Crippen LogP contribution is -2.28. The molecule has 0 radical (unpaired) electrons. The van der Waals surface area contributed by atoms with Crippen molar-refractivity contribution in [2.45, 2.75) is 6.42 Å². The van der Waals surface area contributed by atoms with E-state index in [4.69, 9.17) is 5.11 Å². The molecule has 0 unspecified atom stereocenters. The number of hydrogen-bond acceptors (Lipinski definition) is 5. The van der Waals surface area contributed by atoms with Crippen molar-refractivity contribution >= 4 is 22.8 Å². The molecule has 0 spiro atoms. The summed E-state index contributed by atoms with van der Waals surface area (Å²) in [7, 11) is 0. The number of nitrogens with zero attached hydrogens (tertiary/aromatic N) is 4. The quantitative estimate of drug-likeness (QED) is 0.763. The van der Waals surface area contributed by atoms with Crippen molar-refractivity contribution in [3.8, 4) is 11.4 Å². The Morgan fingerprint density at radius 3 is 3.09 bits per heavy atom. The maximum Gasteiger partial charge on any atom is 0.323 e. The van der Waals surface area contributed by atoms with Crippen molar-refractivity contribution in [3.05, 3.63) is 36.0 Å². The second-order valence-corrected chi connectivity index (χ2v) is 5.36. The van der Waals surface area contributed by atoms with Gasteiger partial charge in [0.15, 0.2) is 5.82 Å². The van der Waals surface area contributed by atoms with E-state index in [-0.39, 0.29) is 6.54 Å². The third-order valence-electron chi connectivity index (χ3n) is 3.86. The van der Waals surface area contributed by atoms with Gasteiger partial charge in [0.25, 0.3) is 0 Å². The van der Waals surface area contributed by atoms with E-state index in [1.165, 1.54) is 6.07 Å². The monoisotopic (exact) mass is 313 g/mol. The number of anilines is 1. The van der Waals surface area contributed by atoms with Gasteiger partial charge in [-0.15, -0.1) is 0 Å². The number of aliphatic carboxylic acids is 1. The van der Waals surface area contributed by atoms with Crippen LogP contribution >= 0.6 is 0 Å². The van der Waals surface area contributed by atoms with E-state index >= 15 is 0 Å². The fourth-order valence-electron chi connectivity index (χ4n) is 2.82. The molecule has 8 heteroatoms. The van der Waals surface area contributed by atoms with Crippen molar-refractivity contribution in [3.63, 3.8) is 0 Å². The lowest BCUT2D eigenvalue weighted by Gasteiger charge is -2.15. The predicted octanol–water partition coefficient (Wildman–Crippen LogP) is 1.61. The van der Waals surface area contributed by atoms with Crippen molar-refractivity contribution in [1.29, 1.82) is 0 Å². The second kappa shape index (κ2) is 5.01. The Hall–Kier alpha value is -3.03. The lowest BCUT2D eigenvalue weighted by molar-refractivity contribution is -0.135. The SMILES string of the molecule is O=C(O)CN1CCc2cnc(-c3c[nH]c4ncc(F)cc34)nc21. The molecule has 2 N–H and O–H groups in total. The van der Waals surface area contributed by atoms with E-state index in [0.717, 1.165) is 11.8 Å². The van der Waals surface area contributed by atoms with Gasteiger partial charge in [0.1, 0.15) is 23.8 Å². The average molecular weight is 313 g/mol. The Morgan fingerprint density at radius 1 is 1.39 bits per heavy atom. The molecule has 3 aromatic heterocycles. The standard InChI is InChI=1S/C15H12FN5O2/c16-9-3-10-11(6-19-13(10)18-5-9)14-17-4-8-1-2-21(7-12(22)23)15(8)20-14/h3-6H,1-2,7H2,(H,18,19)(H,22,23). The van der Waals surface area contributed by atoms with Crippen LogP contribution in [0.3, 0.4) is 0 Å². The second-order valence-electron chi connectivity index (χ2n) is 5.36. The van der Waals surface area contributed by atoms with E-state index < -0.39 is 11.8 Å². The first kappa shape index (κ1) is 13.6. The zero-order chi connectivity index (χ0) is 16.0. The molecule has 0 amide bonds. The van der Waals surface area contributed by atoms with Crippen LogP contribution in [0.5, 0.6) is 0 Å². The summed E-state index contributed by atoms with van der Waals surface area (Å²) >= 11 is 0. The predicted molar refractivity (Wildman–Crippen MR) is 80.6 cm³/mol. The summed E-state index contributed by atoms with van der Waals surface area (Å²) in [6, 6.07) is 1.37. The molecule has 0 fully saturated rings. The summed E-state index contributed by atoms with van der Waals surface area (Å²) in [5.41, 5.74) is 2.10. The highest BCUT2D eigenvalue weighted by atomic mass is 19.1. The molecule has 0 saturated carbocycles. The smallest absolute Gasteiger partial charge is 0.323 e. The van der Waals surface area contributed by atoms with E-state index in [0.29, 0.717) is 41.2 Å². The highest BCUT2D eigenvalue weighted by molar-refractivity contribution is 5.91. The fourth-order valence-corrected chi connectivity index (χ4v) is 2.82. The molecule has 116 valence electrons. The molecule has 23 heavy (non-hydrogen) atoms. The van der Waals surface area contributed by atoms with Crippen LogP contribution in [-0.2, 0) is 11.2 Å². The van der Waals surface area contributed by atoms with Gasteiger partial charge in [0.2, 0.25) is 0 Å². The number of H-pyrrole nitrogens is 1. The Morgan fingerprint density at radius 2 is 2.26 bits per heavy atom. The maximum atomic E-state index is 13.4. The molecule has 1 aliphatic rings. The van der Waals surface area contributed by atoms with Crippen LogP contribution in [0.15, 0.2) is 24.7 Å².